The Bertz CT molecular complexity index is 1200. The molecule has 2 aromatic carbocycles. The number of carbonyl (C=O) groups excluding carboxylic acids is 3. The molecule has 1 amide bonds. The van der Waals surface area contributed by atoms with Crippen molar-refractivity contribution in [2.45, 2.75) is 25.0 Å². The van der Waals surface area contributed by atoms with Crippen molar-refractivity contribution in [3.63, 3.8) is 0 Å². The summed E-state index contributed by atoms with van der Waals surface area (Å²) in [6.45, 7) is 2.60. The number of halogens is 1. The van der Waals surface area contributed by atoms with Gasteiger partial charge in [0, 0.05) is 18.0 Å². The number of nitrogens with zero attached hydrogens (tertiary/aromatic N) is 3. The molecule has 0 fully saturated rings. The van der Waals surface area contributed by atoms with E-state index in [2.05, 4.69) is 15.5 Å². The molecule has 34 heavy (non-hydrogen) atoms. The number of hydrogen-bond acceptors (Lipinski definition) is 8. The Balaban J connectivity index is 1.71. The lowest BCUT2D eigenvalue weighted by Gasteiger charge is -2.11. The minimum Gasteiger partial charge on any atom is -0.465 e. The van der Waals surface area contributed by atoms with Gasteiger partial charge in [-0.15, -0.1) is 10.2 Å². The van der Waals surface area contributed by atoms with Gasteiger partial charge in [0.05, 0.1) is 36.8 Å². The van der Waals surface area contributed by atoms with E-state index in [1.165, 1.54) is 44.2 Å². The van der Waals surface area contributed by atoms with E-state index in [-0.39, 0.29) is 28.5 Å². The smallest absolute Gasteiger partial charge is 0.339 e. The maximum Gasteiger partial charge on any atom is 0.339 e. The van der Waals surface area contributed by atoms with Gasteiger partial charge in [0.1, 0.15) is 5.82 Å². The van der Waals surface area contributed by atoms with Crippen LogP contribution in [0.5, 0.6) is 0 Å². The Labute approximate surface area is 205 Å². The van der Waals surface area contributed by atoms with Crippen LogP contribution in [0, 0.1) is 0 Å². The minimum atomic E-state index is -0.642. The lowest BCUT2D eigenvalue weighted by atomic mass is 10.1. The van der Waals surface area contributed by atoms with Crippen LogP contribution in [0.15, 0.2) is 47.6 Å². The molecule has 0 unspecified atom stereocenters. The SMILES string of the molecule is CCn1c(Cc2ccc(Cl)cc2)nnc1SCC(=O)Nc1cc(C(=O)OC)ccc1C(=O)OC. The quantitative estimate of drug-likeness (QED) is 0.347. The molecule has 0 spiro atoms. The van der Waals surface area contributed by atoms with Gasteiger partial charge in [-0.05, 0) is 42.8 Å². The summed E-state index contributed by atoms with van der Waals surface area (Å²) < 4.78 is 11.4. The van der Waals surface area contributed by atoms with Crippen molar-refractivity contribution in [3.05, 3.63) is 70.0 Å². The molecule has 0 atom stereocenters. The number of methoxy groups -OCH3 is 2. The van der Waals surface area contributed by atoms with Crippen molar-refractivity contribution >= 4 is 46.9 Å². The molecule has 178 valence electrons. The van der Waals surface area contributed by atoms with Gasteiger partial charge in [0.25, 0.3) is 0 Å². The highest BCUT2D eigenvalue weighted by Crippen LogP contribution is 2.23. The summed E-state index contributed by atoms with van der Waals surface area (Å²) in [5.41, 5.74) is 1.51. The Kier molecular flexibility index (Phi) is 8.67. The van der Waals surface area contributed by atoms with Gasteiger partial charge in [-0.25, -0.2) is 9.59 Å². The maximum absolute atomic E-state index is 12.7. The summed E-state index contributed by atoms with van der Waals surface area (Å²) in [5.74, 6) is -0.835. The number of rotatable bonds is 9. The predicted octanol–water partition coefficient (Wildman–Crippen LogP) is 3.85. The van der Waals surface area contributed by atoms with Crippen molar-refractivity contribution in [3.8, 4) is 0 Å². The Morgan fingerprint density at radius 2 is 1.74 bits per heavy atom. The van der Waals surface area contributed by atoms with Crippen LogP contribution in [-0.4, -0.2) is 52.6 Å². The van der Waals surface area contributed by atoms with Gasteiger partial charge in [-0.2, -0.15) is 0 Å². The van der Waals surface area contributed by atoms with Crippen molar-refractivity contribution in [2.75, 3.05) is 25.3 Å². The first-order valence-electron chi connectivity index (χ1n) is 10.3. The molecule has 1 aromatic heterocycles. The molecule has 1 N–H and O–H groups in total. The topological polar surface area (TPSA) is 112 Å². The summed E-state index contributed by atoms with van der Waals surface area (Å²) >= 11 is 7.17. The van der Waals surface area contributed by atoms with Crippen LogP contribution in [0.2, 0.25) is 5.02 Å². The van der Waals surface area contributed by atoms with Crippen molar-refractivity contribution in [2.24, 2.45) is 0 Å². The second-order valence-electron chi connectivity index (χ2n) is 7.03. The number of amides is 1. The zero-order chi connectivity index (χ0) is 24.7. The number of hydrogen-bond donors (Lipinski definition) is 1. The van der Waals surface area contributed by atoms with Gasteiger partial charge < -0.3 is 19.4 Å². The summed E-state index contributed by atoms with van der Waals surface area (Å²) in [6, 6.07) is 11.7. The van der Waals surface area contributed by atoms with Crippen LogP contribution < -0.4 is 5.32 Å². The third-order valence-electron chi connectivity index (χ3n) is 4.84. The van der Waals surface area contributed by atoms with Gasteiger partial charge in [-0.3, -0.25) is 4.79 Å². The number of aromatic nitrogens is 3. The minimum absolute atomic E-state index is 0.0160. The summed E-state index contributed by atoms with van der Waals surface area (Å²) in [6.07, 6.45) is 0.577. The van der Waals surface area contributed by atoms with Gasteiger partial charge in [-0.1, -0.05) is 35.5 Å². The fourth-order valence-electron chi connectivity index (χ4n) is 3.16. The van der Waals surface area contributed by atoms with Crippen LogP contribution in [0.4, 0.5) is 5.69 Å². The number of esters is 2. The van der Waals surface area contributed by atoms with Crippen molar-refractivity contribution in [1.82, 2.24) is 14.8 Å². The number of anilines is 1. The van der Waals surface area contributed by atoms with Crippen LogP contribution in [0.1, 0.15) is 39.0 Å². The highest BCUT2D eigenvalue weighted by atomic mass is 35.5. The van der Waals surface area contributed by atoms with E-state index in [9.17, 15) is 14.4 Å². The van der Waals surface area contributed by atoms with E-state index in [0.717, 1.165) is 11.4 Å². The third-order valence-corrected chi connectivity index (χ3v) is 6.06. The van der Waals surface area contributed by atoms with E-state index in [1.807, 2.05) is 35.8 Å². The number of carbonyl (C=O) groups is 3. The van der Waals surface area contributed by atoms with Crippen molar-refractivity contribution < 1.29 is 23.9 Å². The largest absolute Gasteiger partial charge is 0.465 e. The Morgan fingerprint density at radius 1 is 1.03 bits per heavy atom. The first-order chi connectivity index (χ1) is 16.4. The predicted molar refractivity (Wildman–Crippen MR) is 128 cm³/mol. The molecule has 0 aliphatic rings. The van der Waals surface area contributed by atoms with E-state index in [1.54, 1.807) is 0 Å². The van der Waals surface area contributed by atoms with E-state index >= 15 is 0 Å². The fraction of sp³-hybridized carbons (Fsp3) is 0.261. The molecule has 0 aliphatic heterocycles. The Morgan fingerprint density at radius 3 is 2.38 bits per heavy atom. The molecule has 3 aromatic rings. The third kappa shape index (κ3) is 6.15. The average Bonchev–Trinajstić information content (AvgIpc) is 3.24. The molecule has 1 heterocycles. The molecule has 0 bridgehead atoms. The van der Waals surface area contributed by atoms with Crippen LogP contribution in [0.3, 0.4) is 0 Å². The second-order valence-corrected chi connectivity index (χ2v) is 8.41. The standard InChI is InChI=1S/C23H23ClN4O5S/c1-4-28-19(11-14-5-8-16(24)9-6-14)26-27-23(28)34-13-20(29)25-18-12-15(21(30)32-2)7-10-17(18)22(31)33-3/h5-10,12H,4,11,13H2,1-3H3,(H,25,29). The Hall–Kier alpha value is -3.37. The molecule has 0 saturated carbocycles. The van der Waals surface area contributed by atoms with Crippen LogP contribution in [0.25, 0.3) is 0 Å². The summed E-state index contributed by atoms with van der Waals surface area (Å²) in [4.78, 5) is 36.6. The number of thioether (sulfide) groups is 1. The molecule has 9 nitrogen and oxygen atoms in total. The second kappa shape index (κ2) is 11.7. The molecular weight excluding hydrogens is 480 g/mol. The fourth-order valence-corrected chi connectivity index (χ4v) is 4.10. The first-order valence-corrected chi connectivity index (χ1v) is 11.6. The highest BCUT2D eigenvalue weighted by Gasteiger charge is 2.19. The first kappa shape index (κ1) is 25.3. The van der Waals surface area contributed by atoms with Crippen LogP contribution in [-0.2, 0) is 27.2 Å². The maximum atomic E-state index is 12.7. The highest BCUT2D eigenvalue weighted by molar-refractivity contribution is 7.99. The lowest BCUT2D eigenvalue weighted by molar-refractivity contribution is -0.113. The summed E-state index contributed by atoms with van der Waals surface area (Å²) in [5, 5.41) is 12.4. The number of benzene rings is 2. The molecule has 0 radical (unpaired) electrons. The van der Waals surface area contributed by atoms with Gasteiger partial charge in [0.2, 0.25) is 5.91 Å². The normalized spacial score (nSPS) is 10.6. The van der Waals surface area contributed by atoms with Crippen LogP contribution >= 0.6 is 23.4 Å². The van der Waals surface area contributed by atoms with Gasteiger partial charge >= 0.3 is 11.9 Å². The molecule has 0 aliphatic carbocycles. The van der Waals surface area contributed by atoms with E-state index in [0.29, 0.717) is 23.1 Å². The van der Waals surface area contributed by atoms with Gasteiger partial charge in [0.15, 0.2) is 5.16 Å². The number of nitrogens with one attached hydrogen (secondary N) is 1. The van der Waals surface area contributed by atoms with E-state index < -0.39 is 11.9 Å². The zero-order valence-corrected chi connectivity index (χ0v) is 20.4. The monoisotopic (exact) mass is 502 g/mol. The van der Waals surface area contributed by atoms with E-state index in [4.69, 9.17) is 21.1 Å². The zero-order valence-electron chi connectivity index (χ0n) is 18.8. The molecule has 0 saturated heterocycles. The number of ether oxygens (including phenoxy) is 2. The lowest BCUT2D eigenvalue weighted by Crippen LogP contribution is -2.18. The van der Waals surface area contributed by atoms with Crippen molar-refractivity contribution in [1.29, 1.82) is 0 Å². The molecular formula is C23H23ClN4O5S. The average molecular weight is 503 g/mol. The molecule has 3 rings (SSSR count). The molecule has 11 heteroatoms. The summed E-state index contributed by atoms with van der Waals surface area (Å²) in [7, 11) is 2.48.